The Kier molecular flexibility index (Phi) is 37.9. The van der Waals surface area contributed by atoms with E-state index in [1.807, 2.05) is 67.5 Å². The van der Waals surface area contributed by atoms with Crippen molar-refractivity contribution in [2.24, 2.45) is 41.4 Å². The van der Waals surface area contributed by atoms with Gasteiger partial charge in [0, 0.05) is 61.6 Å². The summed E-state index contributed by atoms with van der Waals surface area (Å²) < 4.78 is 16.9. The van der Waals surface area contributed by atoms with Crippen LogP contribution in [0.3, 0.4) is 0 Å². The first kappa shape index (κ1) is 88.3. The summed E-state index contributed by atoms with van der Waals surface area (Å²) in [7, 11) is 9.65. The third kappa shape index (κ3) is 27.2. The van der Waals surface area contributed by atoms with E-state index in [0.29, 0.717) is 5.33 Å². The molecule has 554 valence electrons. The van der Waals surface area contributed by atoms with E-state index in [0.717, 1.165) is 21.6 Å². The van der Waals surface area contributed by atoms with Crippen molar-refractivity contribution in [2.45, 2.75) is 236 Å². The van der Waals surface area contributed by atoms with Gasteiger partial charge in [0.1, 0.15) is 73.1 Å². The Morgan fingerprint density at radius 2 is 0.959 bits per heavy atom. The second-order valence-electron chi connectivity index (χ2n) is 28.6. The molecule has 1 fully saturated rings. The molecule has 4 N–H and O–H groups in total. The van der Waals surface area contributed by atoms with Crippen LogP contribution in [0.5, 0.6) is 0 Å². The van der Waals surface area contributed by atoms with Gasteiger partial charge in [0.25, 0.3) is 0 Å². The maximum atomic E-state index is 15.5. The van der Waals surface area contributed by atoms with E-state index in [4.69, 9.17) is 14.2 Å². The third-order valence-electron chi connectivity index (χ3n) is 17.1. The summed E-state index contributed by atoms with van der Waals surface area (Å²) in [6.07, 6.45) is 2.27. The molecule has 0 saturated carbocycles. The van der Waals surface area contributed by atoms with Crippen LogP contribution >= 0.6 is 15.9 Å². The molecule has 97 heavy (non-hydrogen) atoms. The zero-order chi connectivity index (χ0) is 75.0. The van der Waals surface area contributed by atoms with Crippen LogP contribution in [0.2, 0.25) is 0 Å². The van der Waals surface area contributed by atoms with E-state index in [1.54, 1.807) is 55.4 Å². The molecule has 1 rings (SSSR count). The number of likely N-dealkylation sites (N-methyl/N-ethyl adjacent to an activating group) is 7. The van der Waals surface area contributed by atoms with Gasteiger partial charge in [0.05, 0.1) is 19.3 Å². The fourth-order valence-corrected chi connectivity index (χ4v) is 11.9. The van der Waals surface area contributed by atoms with Crippen molar-refractivity contribution < 1.29 is 76.5 Å². The van der Waals surface area contributed by atoms with Crippen LogP contribution in [0.1, 0.15) is 163 Å². The van der Waals surface area contributed by atoms with Crippen LogP contribution in [0.4, 0.5) is 0 Å². The lowest BCUT2D eigenvalue weighted by molar-refractivity contribution is -0.164. The molecule has 0 aromatic carbocycles. The maximum absolute atomic E-state index is 15.5. The minimum atomic E-state index is -1.65. The van der Waals surface area contributed by atoms with E-state index in [-0.39, 0.29) is 62.2 Å². The number of rotatable bonds is 22. The lowest BCUT2D eigenvalue weighted by Gasteiger charge is -2.42. The number of nitrogens with zero attached hydrogens (tertiary/aromatic N) is 7. The lowest BCUT2D eigenvalue weighted by Crippen LogP contribution is -2.64. The van der Waals surface area contributed by atoms with Crippen molar-refractivity contribution in [3.8, 4) is 0 Å². The van der Waals surface area contributed by atoms with Crippen LogP contribution in [0.15, 0.2) is 12.2 Å². The van der Waals surface area contributed by atoms with Gasteiger partial charge in [-0.2, -0.15) is 0 Å². The molecule has 1 heterocycles. The lowest BCUT2D eigenvalue weighted by atomic mass is 9.91. The molecule has 1 aliphatic rings. The molecule has 0 radical (unpaired) electrons. The van der Waals surface area contributed by atoms with Crippen molar-refractivity contribution in [1.29, 1.82) is 0 Å². The molecule has 0 bridgehead atoms. The molecule has 12 atom stereocenters. The Morgan fingerprint density at radius 3 is 1.42 bits per heavy atom. The highest BCUT2D eigenvalue weighted by Gasteiger charge is 2.47. The first-order valence-corrected chi connectivity index (χ1v) is 35.2. The van der Waals surface area contributed by atoms with E-state index in [1.165, 1.54) is 75.9 Å². The SMILES string of the molecule is CC[C@@H]1NC(=O)[C@H]([C@H](OC(C)=O)[C@H](C)C/C=C/CBr)N(C)C(=O)[C@H](C(C)C)N(C)C(=O)[C@H](CC(C)C)N(C)C(=O)[C@H](CC(C)C)N(C)C(=O)[C@@H](COCC(=O)OC(C)C)NC(=O)[C@H](C)NC(=O)[C@H](CC(C)C)N(C)C(=O)[C@H](C(C)C)NC(=O)[C@H](CC(C)C)N(C)C(=O)CN(C)C1=O. The van der Waals surface area contributed by atoms with Gasteiger partial charge in [-0.3, -0.25) is 57.5 Å². The second kappa shape index (κ2) is 41.6. The summed E-state index contributed by atoms with van der Waals surface area (Å²) in [6, 6.07) is -13.6. The van der Waals surface area contributed by atoms with Crippen LogP contribution in [-0.2, 0) is 76.5 Å². The number of carbonyl (C=O) groups excluding carboxylic acids is 13. The van der Waals surface area contributed by atoms with Gasteiger partial charge in [-0.25, -0.2) is 4.79 Å². The molecule has 27 nitrogen and oxygen atoms in total. The highest BCUT2D eigenvalue weighted by molar-refractivity contribution is 9.09. The topological polar surface area (TPSA) is 320 Å². The first-order valence-electron chi connectivity index (χ1n) is 34.1. The Labute approximate surface area is 586 Å². The van der Waals surface area contributed by atoms with Crippen molar-refractivity contribution in [3.63, 3.8) is 0 Å². The van der Waals surface area contributed by atoms with Gasteiger partial charge >= 0.3 is 11.9 Å². The minimum Gasteiger partial charge on any atom is -0.461 e. The molecule has 0 aromatic rings. The predicted molar refractivity (Wildman–Crippen MR) is 372 cm³/mol. The van der Waals surface area contributed by atoms with Gasteiger partial charge in [0.15, 0.2) is 0 Å². The monoisotopic (exact) mass is 1440 g/mol. The summed E-state index contributed by atoms with van der Waals surface area (Å²) in [4.78, 5) is 198. The molecule has 0 aromatic heterocycles. The van der Waals surface area contributed by atoms with Crippen molar-refractivity contribution in [2.75, 3.05) is 74.4 Å². The van der Waals surface area contributed by atoms with Crippen LogP contribution in [0, 0.1) is 41.4 Å². The number of halogens is 1. The Hall–Kier alpha value is -6.71. The molecule has 1 aliphatic heterocycles. The normalized spacial score (nSPS) is 25.0. The quantitative estimate of drug-likeness (QED) is 0.0672. The Morgan fingerprint density at radius 1 is 0.505 bits per heavy atom. The summed E-state index contributed by atoms with van der Waals surface area (Å²) >= 11 is 3.38. The Bertz CT molecular complexity index is 2710. The second-order valence-corrected chi connectivity index (χ2v) is 29.3. The molecule has 0 unspecified atom stereocenters. The van der Waals surface area contributed by atoms with E-state index < -0.39 is 187 Å². The predicted octanol–water partition coefficient (Wildman–Crippen LogP) is 4.16. The van der Waals surface area contributed by atoms with Crippen molar-refractivity contribution in [1.82, 2.24) is 55.6 Å². The van der Waals surface area contributed by atoms with Crippen LogP contribution in [-0.4, -0.2) is 258 Å². The third-order valence-corrected chi connectivity index (χ3v) is 17.5. The van der Waals surface area contributed by atoms with Gasteiger partial charge in [0.2, 0.25) is 65.0 Å². The minimum absolute atomic E-state index is 0.0286. The van der Waals surface area contributed by atoms with E-state index in [2.05, 4.69) is 37.2 Å². The summed E-state index contributed by atoms with van der Waals surface area (Å²) in [5.41, 5.74) is 0. The number of esters is 2. The molecule has 1 saturated heterocycles. The zero-order valence-corrected chi connectivity index (χ0v) is 64.3. The zero-order valence-electron chi connectivity index (χ0n) is 62.7. The average Bonchev–Trinajstić information content (AvgIpc) is 0.804. The van der Waals surface area contributed by atoms with Gasteiger partial charge in [-0.05, 0) is 101 Å². The fourth-order valence-electron chi connectivity index (χ4n) is 11.6. The maximum Gasteiger partial charge on any atom is 0.332 e. The van der Waals surface area contributed by atoms with E-state index >= 15 is 24.0 Å². The highest BCUT2D eigenvalue weighted by atomic mass is 79.9. The molecular formula is C69H120BrN11O16. The molecule has 28 heteroatoms. The number of ether oxygens (including phenoxy) is 3. The number of amides is 11. The number of allylic oxidation sites excluding steroid dienone is 2. The number of carbonyl (C=O) groups is 13. The standard InChI is InChI=1S/C69H120BrN11O16/c1-26-48-64(89)75(19)35-54(83)76(20)50(31-38(2)3)62(87)74-56(42(10)11)68(93)77(21)51(32-39(4)5)61(86)71-46(17)60(85)73-49(36-95-37-55(84)96-44(14)15)65(90)78(22)52(33-40(6)7)66(91)79(23)53(34-41(8)9)67(92)80(24)57(43(12)13)69(94)81(25)58(63(88)72-48)59(97-47(18)82)45(16)29-27-28-30-70/h27-28,38-46,48-53,56-59H,26,29-37H2,1-25H3,(H,71,86)(H,72,88)(H,73,85)(H,74,87)/b28-27+/t45-,46+,48+,49-,50+,51+,52+,53+,56+,57+,58+,59-/m1/s1. The average molecular weight is 1440 g/mol. The summed E-state index contributed by atoms with van der Waals surface area (Å²) in [5.74, 6) is -12.7. The molecule has 0 spiro atoms. The summed E-state index contributed by atoms with van der Waals surface area (Å²) in [5, 5.41) is 11.4. The number of hydrogen-bond acceptors (Lipinski definition) is 16. The van der Waals surface area contributed by atoms with Crippen molar-refractivity contribution in [3.05, 3.63) is 12.2 Å². The smallest absolute Gasteiger partial charge is 0.332 e. The van der Waals surface area contributed by atoms with Gasteiger partial charge in [-0.1, -0.05) is 125 Å². The van der Waals surface area contributed by atoms with Crippen LogP contribution < -0.4 is 21.3 Å². The summed E-state index contributed by atoms with van der Waals surface area (Å²) in [6.45, 7) is 28.7. The number of nitrogens with one attached hydrogen (secondary N) is 4. The Balaban J connectivity index is 4.61. The van der Waals surface area contributed by atoms with E-state index in [9.17, 15) is 38.4 Å². The van der Waals surface area contributed by atoms with Gasteiger partial charge < -0.3 is 69.8 Å². The number of alkyl halides is 1. The molecule has 11 amide bonds. The molecular weight excluding hydrogens is 1320 g/mol. The first-order chi connectivity index (χ1) is 44.9. The fraction of sp³-hybridized carbons (Fsp3) is 0.783. The highest BCUT2D eigenvalue weighted by Crippen LogP contribution is 2.27. The van der Waals surface area contributed by atoms with Crippen LogP contribution in [0.25, 0.3) is 0 Å². The van der Waals surface area contributed by atoms with Gasteiger partial charge in [-0.15, -0.1) is 0 Å². The number of hydrogen-bond donors (Lipinski definition) is 4. The largest absolute Gasteiger partial charge is 0.461 e. The molecule has 0 aliphatic carbocycles. The van der Waals surface area contributed by atoms with Crippen molar-refractivity contribution >= 4 is 92.8 Å².